The Labute approximate surface area is 120 Å². The maximum absolute atomic E-state index is 6.06. The van der Waals surface area contributed by atoms with Crippen molar-refractivity contribution in [2.24, 2.45) is 0 Å². The number of hydrogen-bond donors (Lipinski definition) is 0. The van der Waals surface area contributed by atoms with Crippen LogP contribution in [-0.4, -0.2) is 0 Å². The third kappa shape index (κ3) is 3.36. The lowest BCUT2D eigenvalue weighted by Crippen LogP contribution is -1.90. The summed E-state index contributed by atoms with van der Waals surface area (Å²) in [6, 6.07) is 18.5. The van der Waals surface area contributed by atoms with Crippen molar-refractivity contribution in [3.8, 4) is 0 Å². The Bertz CT molecular complexity index is 580. The molecule has 0 N–H and O–H groups in total. The van der Waals surface area contributed by atoms with Crippen molar-refractivity contribution in [2.45, 2.75) is 13.3 Å². The van der Waals surface area contributed by atoms with Gasteiger partial charge < -0.3 is 0 Å². The SMILES string of the molecule is CCC=Cc1ccccc1C(=CCl)c1ccccc1. The summed E-state index contributed by atoms with van der Waals surface area (Å²) in [5, 5.41) is 0. The molecule has 0 aliphatic heterocycles. The predicted octanol–water partition coefficient (Wildman–Crippen LogP) is 5.74. The highest BCUT2D eigenvalue weighted by Crippen LogP contribution is 2.27. The molecule has 2 aromatic carbocycles. The van der Waals surface area contributed by atoms with E-state index in [4.69, 9.17) is 11.6 Å². The van der Waals surface area contributed by atoms with Crippen molar-refractivity contribution >= 4 is 23.3 Å². The average Bonchev–Trinajstić information content (AvgIpc) is 2.48. The summed E-state index contributed by atoms with van der Waals surface area (Å²) in [5.74, 6) is 0. The maximum atomic E-state index is 6.06. The molecular weight excluding hydrogens is 252 g/mol. The molecular formula is C18H17Cl. The van der Waals surface area contributed by atoms with E-state index in [9.17, 15) is 0 Å². The zero-order valence-electron chi connectivity index (χ0n) is 11.0. The molecule has 2 rings (SSSR count). The van der Waals surface area contributed by atoms with Crippen LogP contribution in [-0.2, 0) is 0 Å². The quantitative estimate of drug-likeness (QED) is 0.663. The van der Waals surface area contributed by atoms with E-state index in [1.54, 1.807) is 5.54 Å². The second-order valence-electron chi connectivity index (χ2n) is 4.29. The van der Waals surface area contributed by atoms with Gasteiger partial charge in [-0.15, -0.1) is 0 Å². The lowest BCUT2D eigenvalue weighted by Gasteiger charge is -2.10. The fraction of sp³-hybridized carbons (Fsp3) is 0.111. The molecule has 1 heteroatoms. The molecule has 2 aromatic rings. The second-order valence-corrected chi connectivity index (χ2v) is 4.50. The van der Waals surface area contributed by atoms with E-state index in [1.807, 2.05) is 24.3 Å². The average molecular weight is 269 g/mol. The Kier molecular flexibility index (Phi) is 5.00. The second kappa shape index (κ2) is 6.96. The Morgan fingerprint density at radius 3 is 2.37 bits per heavy atom. The molecule has 0 saturated heterocycles. The number of rotatable bonds is 4. The normalized spacial score (nSPS) is 12.0. The zero-order chi connectivity index (χ0) is 13.5. The predicted molar refractivity (Wildman–Crippen MR) is 85.1 cm³/mol. The van der Waals surface area contributed by atoms with Gasteiger partial charge in [0.2, 0.25) is 0 Å². The van der Waals surface area contributed by atoms with Gasteiger partial charge in [-0.25, -0.2) is 0 Å². The summed E-state index contributed by atoms with van der Waals surface area (Å²) < 4.78 is 0. The third-order valence-corrected chi connectivity index (χ3v) is 3.20. The van der Waals surface area contributed by atoms with E-state index in [2.05, 4.69) is 49.4 Å². The van der Waals surface area contributed by atoms with Crippen LogP contribution in [0.1, 0.15) is 30.0 Å². The summed E-state index contributed by atoms with van der Waals surface area (Å²) in [4.78, 5) is 0. The minimum Gasteiger partial charge on any atom is -0.0923 e. The van der Waals surface area contributed by atoms with E-state index in [0.717, 1.165) is 23.1 Å². The summed E-state index contributed by atoms with van der Waals surface area (Å²) in [6.07, 6.45) is 5.34. The van der Waals surface area contributed by atoms with Gasteiger partial charge in [0.1, 0.15) is 0 Å². The van der Waals surface area contributed by atoms with Gasteiger partial charge in [-0.2, -0.15) is 0 Å². The first-order valence-corrected chi connectivity index (χ1v) is 6.92. The molecule has 0 aliphatic rings. The van der Waals surface area contributed by atoms with Crippen LogP contribution in [0.4, 0.5) is 0 Å². The molecule has 0 atom stereocenters. The van der Waals surface area contributed by atoms with Crippen LogP contribution < -0.4 is 0 Å². The first-order valence-electron chi connectivity index (χ1n) is 6.48. The fourth-order valence-electron chi connectivity index (χ4n) is 2.03. The van der Waals surface area contributed by atoms with E-state index in [0.29, 0.717) is 0 Å². The summed E-state index contributed by atoms with van der Waals surface area (Å²) >= 11 is 6.06. The van der Waals surface area contributed by atoms with Gasteiger partial charge in [-0.05, 0) is 23.1 Å². The molecule has 19 heavy (non-hydrogen) atoms. The maximum Gasteiger partial charge on any atom is 0.0127 e. The van der Waals surface area contributed by atoms with Crippen molar-refractivity contribution in [1.29, 1.82) is 0 Å². The monoisotopic (exact) mass is 268 g/mol. The van der Waals surface area contributed by atoms with Crippen LogP contribution >= 0.6 is 11.6 Å². The van der Waals surface area contributed by atoms with Gasteiger partial charge in [0.15, 0.2) is 0 Å². The standard InChI is InChI=1S/C18H17Cl/c1-2-3-9-15-12-7-8-13-17(15)18(14-19)16-10-5-4-6-11-16/h3-14H,2H2,1H3. The molecule has 0 aromatic heterocycles. The minimum absolute atomic E-state index is 1.03. The van der Waals surface area contributed by atoms with Gasteiger partial charge in [-0.1, -0.05) is 85.3 Å². The molecule has 0 nitrogen and oxygen atoms in total. The lowest BCUT2D eigenvalue weighted by atomic mass is 9.95. The highest BCUT2D eigenvalue weighted by atomic mass is 35.5. The Morgan fingerprint density at radius 2 is 1.68 bits per heavy atom. The van der Waals surface area contributed by atoms with E-state index in [-0.39, 0.29) is 0 Å². The largest absolute Gasteiger partial charge is 0.0923 e. The smallest absolute Gasteiger partial charge is 0.0127 e. The fourth-order valence-corrected chi connectivity index (χ4v) is 2.27. The minimum atomic E-state index is 1.03. The van der Waals surface area contributed by atoms with E-state index < -0.39 is 0 Å². The lowest BCUT2D eigenvalue weighted by molar-refractivity contribution is 1.23. The number of benzene rings is 2. The van der Waals surface area contributed by atoms with Crippen molar-refractivity contribution < 1.29 is 0 Å². The molecule has 0 bridgehead atoms. The summed E-state index contributed by atoms with van der Waals surface area (Å²) in [5.41, 5.74) is 6.20. The van der Waals surface area contributed by atoms with E-state index >= 15 is 0 Å². The first-order chi connectivity index (χ1) is 9.36. The molecule has 96 valence electrons. The van der Waals surface area contributed by atoms with Crippen LogP contribution in [0.25, 0.3) is 11.6 Å². The molecule has 0 amide bonds. The van der Waals surface area contributed by atoms with Gasteiger partial charge in [0, 0.05) is 11.1 Å². The Hall–Kier alpha value is -1.79. The number of halogens is 1. The van der Waals surface area contributed by atoms with E-state index in [1.165, 1.54) is 5.56 Å². The van der Waals surface area contributed by atoms with Crippen LogP contribution in [0.5, 0.6) is 0 Å². The van der Waals surface area contributed by atoms with Crippen LogP contribution in [0, 0.1) is 0 Å². The van der Waals surface area contributed by atoms with Crippen LogP contribution in [0.3, 0.4) is 0 Å². The Morgan fingerprint density at radius 1 is 1.00 bits per heavy atom. The molecule has 0 saturated carbocycles. The molecule has 0 spiro atoms. The topological polar surface area (TPSA) is 0 Å². The highest BCUT2D eigenvalue weighted by molar-refractivity contribution is 6.29. The number of allylic oxidation sites excluding steroid dienone is 1. The van der Waals surface area contributed by atoms with Crippen molar-refractivity contribution in [1.82, 2.24) is 0 Å². The van der Waals surface area contributed by atoms with Gasteiger partial charge >= 0.3 is 0 Å². The number of hydrogen-bond acceptors (Lipinski definition) is 0. The summed E-state index contributed by atoms with van der Waals surface area (Å²) in [6.45, 7) is 2.13. The van der Waals surface area contributed by atoms with Crippen LogP contribution in [0.15, 0.2) is 66.2 Å². The van der Waals surface area contributed by atoms with Crippen LogP contribution in [0.2, 0.25) is 0 Å². The first kappa shape index (κ1) is 13.6. The van der Waals surface area contributed by atoms with Gasteiger partial charge in [0.05, 0.1) is 0 Å². The van der Waals surface area contributed by atoms with Crippen molar-refractivity contribution in [3.05, 3.63) is 82.9 Å². The molecule has 0 aliphatic carbocycles. The third-order valence-electron chi connectivity index (χ3n) is 2.98. The molecule has 0 fully saturated rings. The molecule has 0 heterocycles. The molecule has 0 unspecified atom stereocenters. The zero-order valence-corrected chi connectivity index (χ0v) is 11.8. The van der Waals surface area contributed by atoms with Crippen molar-refractivity contribution in [2.75, 3.05) is 0 Å². The van der Waals surface area contributed by atoms with Gasteiger partial charge in [0.25, 0.3) is 0 Å². The summed E-state index contributed by atoms with van der Waals surface area (Å²) in [7, 11) is 0. The molecule has 0 radical (unpaired) electrons. The van der Waals surface area contributed by atoms with Gasteiger partial charge in [-0.3, -0.25) is 0 Å². The highest BCUT2D eigenvalue weighted by Gasteiger charge is 2.07. The Balaban J connectivity index is 2.48. The van der Waals surface area contributed by atoms with Crippen molar-refractivity contribution in [3.63, 3.8) is 0 Å².